The molecule has 1 fully saturated rings. The van der Waals surface area contributed by atoms with E-state index in [0.717, 1.165) is 16.7 Å². The first-order valence-corrected chi connectivity index (χ1v) is 14.4. The lowest BCUT2D eigenvalue weighted by Crippen LogP contribution is -2.48. The van der Waals surface area contributed by atoms with E-state index >= 15 is 0 Å². The minimum atomic E-state index is -2.43. The first-order valence-electron chi connectivity index (χ1n) is 13.4. The van der Waals surface area contributed by atoms with Crippen LogP contribution in [0, 0.1) is 0 Å². The van der Waals surface area contributed by atoms with Crippen LogP contribution in [0.15, 0.2) is 89.3 Å². The maximum Gasteiger partial charge on any atom is 0.407 e. The Morgan fingerprint density at radius 3 is 2.22 bits per heavy atom. The van der Waals surface area contributed by atoms with Crippen LogP contribution in [0.2, 0.25) is 0 Å². The Balaban J connectivity index is 1.50. The zero-order chi connectivity index (χ0) is 29.0. The summed E-state index contributed by atoms with van der Waals surface area (Å²) in [5.41, 5.74) is 3.32. The third kappa shape index (κ3) is 8.71. The average Bonchev–Trinajstić information content (AvgIpc) is 3.00. The normalized spacial score (nSPS) is 17.3. The number of methoxy groups -OCH3 is 1. The molecule has 0 saturated carbocycles. The summed E-state index contributed by atoms with van der Waals surface area (Å²) >= 11 is 0. The molecule has 3 N–H and O–H groups in total. The van der Waals surface area contributed by atoms with Gasteiger partial charge in [0.2, 0.25) is 5.91 Å². The Morgan fingerprint density at radius 2 is 1.63 bits per heavy atom. The molecule has 216 valence electrons. The van der Waals surface area contributed by atoms with Crippen molar-refractivity contribution in [2.24, 2.45) is 4.36 Å². The number of nitrogens with one attached hydrogen (secondary N) is 3. The first-order chi connectivity index (χ1) is 19.9. The monoisotopic (exact) mass is 578 g/mol. The number of hydrogen-bond donors (Lipinski definition) is 3. The molecule has 11 heteroatoms. The van der Waals surface area contributed by atoms with Crippen LogP contribution in [0.3, 0.4) is 0 Å². The smallest absolute Gasteiger partial charge is 0.407 e. The summed E-state index contributed by atoms with van der Waals surface area (Å²) < 4.78 is 35.6. The van der Waals surface area contributed by atoms with Gasteiger partial charge in [0.1, 0.15) is 6.04 Å². The van der Waals surface area contributed by atoms with Crippen molar-refractivity contribution in [1.82, 2.24) is 10.6 Å². The highest BCUT2D eigenvalue weighted by Gasteiger charge is 2.33. The average molecular weight is 579 g/mol. The second kappa shape index (κ2) is 15.1. The van der Waals surface area contributed by atoms with Gasteiger partial charge < -0.3 is 25.4 Å². The summed E-state index contributed by atoms with van der Waals surface area (Å²) in [6, 6.07) is 25.6. The fourth-order valence-corrected chi connectivity index (χ4v) is 5.19. The van der Waals surface area contributed by atoms with E-state index in [9.17, 15) is 18.0 Å². The fourth-order valence-electron chi connectivity index (χ4n) is 4.89. The lowest BCUT2D eigenvalue weighted by molar-refractivity contribution is -0.118. The second-order valence-electron chi connectivity index (χ2n) is 9.69. The van der Waals surface area contributed by atoms with Crippen LogP contribution in [0.5, 0.6) is 0 Å². The van der Waals surface area contributed by atoms with Gasteiger partial charge in [0.15, 0.2) is 0 Å². The summed E-state index contributed by atoms with van der Waals surface area (Å²) in [6.45, 7) is 1.08. The largest absolute Gasteiger partial charge is 0.453 e. The number of hydrogen-bond acceptors (Lipinski definition) is 8. The van der Waals surface area contributed by atoms with Gasteiger partial charge in [-0.05, 0) is 35.6 Å². The third-order valence-corrected chi connectivity index (χ3v) is 7.33. The Labute approximate surface area is 241 Å². The molecule has 0 unspecified atom stereocenters. The van der Waals surface area contributed by atoms with Crippen molar-refractivity contribution in [2.75, 3.05) is 32.1 Å². The SMILES string of the molecule is COC(=O)N[C@H](C(=O)Nc1ccccc1CC[C@@H]1CN[C@H](CN=S(=O)=O)CO1)C(c1ccccc1)c1ccccc1. The Hall–Kier alpha value is -4.06. The zero-order valence-electron chi connectivity index (χ0n) is 22.7. The molecule has 1 aliphatic heterocycles. The summed E-state index contributed by atoms with van der Waals surface area (Å²) in [5.74, 6) is -0.845. The zero-order valence-corrected chi connectivity index (χ0v) is 23.5. The molecule has 0 aromatic heterocycles. The van der Waals surface area contributed by atoms with E-state index in [0.29, 0.717) is 31.7 Å². The molecule has 10 nitrogen and oxygen atoms in total. The van der Waals surface area contributed by atoms with Crippen molar-refractivity contribution < 1.29 is 27.5 Å². The van der Waals surface area contributed by atoms with Gasteiger partial charge in [0.05, 0.1) is 32.4 Å². The van der Waals surface area contributed by atoms with E-state index < -0.39 is 28.6 Å². The van der Waals surface area contributed by atoms with Gasteiger partial charge in [0, 0.05) is 18.2 Å². The highest BCUT2D eigenvalue weighted by molar-refractivity contribution is 7.61. The van der Waals surface area contributed by atoms with Crippen molar-refractivity contribution in [3.8, 4) is 0 Å². The molecule has 3 aromatic rings. The van der Waals surface area contributed by atoms with Crippen molar-refractivity contribution >= 4 is 28.2 Å². The first kappa shape index (κ1) is 29.9. The number of ether oxygens (including phenoxy) is 2. The number of benzene rings is 3. The lowest BCUT2D eigenvalue weighted by atomic mass is 9.84. The number of rotatable bonds is 11. The molecular weight excluding hydrogens is 544 g/mol. The highest BCUT2D eigenvalue weighted by atomic mass is 32.2. The number of carbonyl (C=O) groups is 2. The van der Waals surface area contributed by atoms with Crippen LogP contribution >= 0.6 is 0 Å². The van der Waals surface area contributed by atoms with E-state index in [1.54, 1.807) is 0 Å². The molecule has 1 aliphatic rings. The molecular formula is C30H34N4O6S. The van der Waals surface area contributed by atoms with E-state index in [4.69, 9.17) is 9.47 Å². The summed E-state index contributed by atoms with van der Waals surface area (Å²) in [4.78, 5) is 26.3. The number of nitrogens with zero attached hydrogens (tertiary/aromatic N) is 1. The predicted octanol–water partition coefficient (Wildman–Crippen LogP) is 3.53. The van der Waals surface area contributed by atoms with Gasteiger partial charge in [-0.1, -0.05) is 78.9 Å². The van der Waals surface area contributed by atoms with Crippen LogP contribution in [-0.4, -0.2) is 65.4 Å². The van der Waals surface area contributed by atoms with Crippen LogP contribution in [0.4, 0.5) is 10.5 Å². The summed E-state index contributed by atoms with van der Waals surface area (Å²) in [7, 11) is -1.16. The molecule has 4 rings (SSSR count). The standard InChI is InChI=1S/C30H34N4O6S/c1-39-30(36)34-28(27(22-11-4-2-5-12-22)23-13-6-3-7-14-23)29(35)33-26-15-9-8-10-21(26)16-17-25-19-31-24(20-40-25)18-32-41(37)38/h2-15,24-25,27-28,31H,16-20H2,1H3,(H,33,35)(H,34,36)/t24-,25-,28+/m1/s1. The van der Waals surface area contributed by atoms with Gasteiger partial charge in [-0.3, -0.25) is 4.79 Å². The van der Waals surface area contributed by atoms with Gasteiger partial charge in [0.25, 0.3) is 0 Å². The quantitative estimate of drug-likeness (QED) is 0.317. The van der Waals surface area contributed by atoms with E-state index in [-0.39, 0.29) is 24.6 Å². The van der Waals surface area contributed by atoms with Crippen LogP contribution in [0.25, 0.3) is 0 Å². The third-order valence-electron chi connectivity index (χ3n) is 6.97. The van der Waals surface area contributed by atoms with Crippen molar-refractivity contribution in [3.05, 3.63) is 102 Å². The Kier molecular flexibility index (Phi) is 11.0. The van der Waals surface area contributed by atoms with Gasteiger partial charge in [-0.15, -0.1) is 0 Å². The fraction of sp³-hybridized carbons (Fsp3) is 0.333. The Morgan fingerprint density at radius 1 is 1.00 bits per heavy atom. The minimum Gasteiger partial charge on any atom is -0.453 e. The molecule has 2 amide bonds. The topological polar surface area (TPSA) is 135 Å². The number of amides is 2. The van der Waals surface area contributed by atoms with Crippen LogP contribution in [0.1, 0.15) is 29.0 Å². The summed E-state index contributed by atoms with van der Waals surface area (Å²) in [6.07, 6.45) is 0.558. The van der Waals surface area contributed by atoms with Gasteiger partial charge in [-0.2, -0.15) is 12.8 Å². The maximum absolute atomic E-state index is 13.9. The van der Waals surface area contributed by atoms with Crippen molar-refractivity contribution in [2.45, 2.75) is 36.9 Å². The number of carbonyl (C=O) groups excluding carboxylic acids is 2. The number of alkyl carbamates (subject to hydrolysis) is 1. The molecule has 3 atom stereocenters. The highest BCUT2D eigenvalue weighted by Crippen LogP contribution is 2.30. The summed E-state index contributed by atoms with van der Waals surface area (Å²) in [5, 5.41) is 9.08. The molecule has 1 saturated heterocycles. The van der Waals surface area contributed by atoms with Crippen LogP contribution < -0.4 is 16.0 Å². The number of morpholine rings is 1. The molecule has 0 radical (unpaired) electrons. The lowest BCUT2D eigenvalue weighted by Gasteiger charge is -2.30. The van der Waals surface area contributed by atoms with Crippen molar-refractivity contribution in [1.29, 1.82) is 0 Å². The predicted molar refractivity (Wildman–Crippen MR) is 155 cm³/mol. The molecule has 0 aliphatic carbocycles. The second-order valence-corrected chi connectivity index (χ2v) is 10.4. The van der Waals surface area contributed by atoms with Crippen molar-refractivity contribution in [3.63, 3.8) is 0 Å². The Bertz CT molecular complexity index is 1380. The van der Waals surface area contributed by atoms with Gasteiger partial charge in [-0.25, -0.2) is 4.79 Å². The number of anilines is 1. The number of aryl methyl sites for hydroxylation is 1. The molecule has 0 spiro atoms. The molecule has 0 bridgehead atoms. The van der Waals surface area contributed by atoms with E-state index in [1.807, 2.05) is 84.9 Å². The van der Waals surface area contributed by atoms with E-state index in [2.05, 4.69) is 20.3 Å². The van der Waals surface area contributed by atoms with Crippen LogP contribution in [-0.2, 0) is 31.2 Å². The number of para-hydroxylation sites is 1. The molecule has 3 aromatic carbocycles. The van der Waals surface area contributed by atoms with E-state index in [1.165, 1.54) is 7.11 Å². The molecule has 41 heavy (non-hydrogen) atoms. The molecule has 1 heterocycles. The maximum atomic E-state index is 13.9. The van der Waals surface area contributed by atoms with Gasteiger partial charge >= 0.3 is 16.6 Å². The minimum absolute atomic E-state index is 0.0676.